The van der Waals surface area contributed by atoms with Crippen LogP contribution in [0.1, 0.15) is 107 Å². The molecule has 0 aliphatic rings. The molecule has 0 aliphatic carbocycles. The van der Waals surface area contributed by atoms with Crippen LogP contribution in [0.25, 0.3) is 0 Å². The zero-order chi connectivity index (χ0) is 24.5. The van der Waals surface area contributed by atoms with Gasteiger partial charge in [-0.05, 0) is 56.7 Å². The molecule has 0 fully saturated rings. The molecule has 0 bridgehead atoms. The van der Waals surface area contributed by atoms with Crippen molar-refractivity contribution in [1.82, 2.24) is 0 Å². The molecule has 2 aromatic rings. The number of amides is 1. The van der Waals surface area contributed by atoms with Crippen LogP contribution in [-0.4, -0.2) is 5.91 Å². The zero-order valence-electron chi connectivity index (χ0n) is 22.3. The van der Waals surface area contributed by atoms with Crippen molar-refractivity contribution in [3.8, 4) is 0 Å². The molecule has 0 aliphatic heterocycles. The van der Waals surface area contributed by atoms with Gasteiger partial charge in [-0.15, -0.1) is 0 Å². The maximum absolute atomic E-state index is 11.8. The van der Waals surface area contributed by atoms with Gasteiger partial charge in [0.15, 0.2) is 0 Å². The van der Waals surface area contributed by atoms with Gasteiger partial charge in [0.2, 0.25) is 5.91 Å². The van der Waals surface area contributed by atoms with Crippen molar-refractivity contribution >= 4 is 11.6 Å². The SMILES string of the molecule is CCC(C)C(=O)Nc1c(C)cc(C)cc1C.CCCCCCCCCCCc1ccccc1. The lowest BCUT2D eigenvalue weighted by Gasteiger charge is -2.15. The Morgan fingerprint density at radius 2 is 1.30 bits per heavy atom. The van der Waals surface area contributed by atoms with E-state index >= 15 is 0 Å². The van der Waals surface area contributed by atoms with E-state index in [1.807, 2.05) is 27.7 Å². The first kappa shape index (κ1) is 28.9. The second-order valence-electron chi connectivity index (χ2n) is 9.64. The third-order valence-corrected chi connectivity index (χ3v) is 6.40. The quantitative estimate of drug-likeness (QED) is 0.302. The van der Waals surface area contributed by atoms with Gasteiger partial charge in [0.05, 0.1) is 0 Å². The molecule has 0 saturated carbocycles. The van der Waals surface area contributed by atoms with Crippen molar-refractivity contribution in [1.29, 1.82) is 0 Å². The minimum absolute atomic E-state index is 0.0695. The van der Waals surface area contributed by atoms with Crippen molar-refractivity contribution in [3.05, 3.63) is 64.7 Å². The van der Waals surface area contributed by atoms with Crippen molar-refractivity contribution in [2.75, 3.05) is 5.32 Å². The van der Waals surface area contributed by atoms with Crippen LogP contribution in [0.3, 0.4) is 0 Å². The molecule has 33 heavy (non-hydrogen) atoms. The second-order valence-corrected chi connectivity index (χ2v) is 9.64. The number of benzene rings is 2. The Bertz CT molecular complexity index is 758. The summed E-state index contributed by atoms with van der Waals surface area (Å²) >= 11 is 0. The zero-order valence-corrected chi connectivity index (χ0v) is 22.3. The normalized spacial score (nSPS) is 11.5. The monoisotopic (exact) mass is 451 g/mol. The molecule has 1 N–H and O–H groups in total. The second kappa shape index (κ2) is 17.4. The summed E-state index contributed by atoms with van der Waals surface area (Å²) in [4.78, 5) is 11.8. The lowest BCUT2D eigenvalue weighted by atomic mass is 10.0. The molecule has 1 amide bonds. The number of nitrogens with one attached hydrogen (secondary N) is 1. The molecule has 2 heteroatoms. The molecular weight excluding hydrogens is 402 g/mol. The summed E-state index contributed by atoms with van der Waals surface area (Å²) in [7, 11) is 0. The lowest BCUT2D eigenvalue weighted by molar-refractivity contribution is -0.119. The van der Waals surface area contributed by atoms with E-state index in [2.05, 4.69) is 61.6 Å². The van der Waals surface area contributed by atoms with E-state index in [1.165, 1.54) is 75.3 Å². The Morgan fingerprint density at radius 3 is 1.82 bits per heavy atom. The summed E-state index contributed by atoms with van der Waals surface area (Å²) < 4.78 is 0. The largest absolute Gasteiger partial charge is 0.325 e. The maximum atomic E-state index is 11.8. The molecule has 0 spiro atoms. The topological polar surface area (TPSA) is 29.1 Å². The van der Waals surface area contributed by atoms with Crippen LogP contribution >= 0.6 is 0 Å². The summed E-state index contributed by atoms with van der Waals surface area (Å²) in [5.74, 6) is 0.178. The van der Waals surface area contributed by atoms with Crippen LogP contribution in [0.5, 0.6) is 0 Å². The Balaban J connectivity index is 0.000000331. The van der Waals surface area contributed by atoms with Gasteiger partial charge in [0.1, 0.15) is 0 Å². The third kappa shape index (κ3) is 12.7. The summed E-state index contributed by atoms with van der Waals surface area (Å²) in [6, 6.07) is 15.1. The van der Waals surface area contributed by atoms with Crippen molar-refractivity contribution in [2.24, 2.45) is 5.92 Å². The van der Waals surface area contributed by atoms with Gasteiger partial charge in [0.25, 0.3) is 0 Å². The minimum Gasteiger partial charge on any atom is -0.325 e. The van der Waals surface area contributed by atoms with Gasteiger partial charge in [-0.3, -0.25) is 4.79 Å². The highest BCUT2D eigenvalue weighted by Crippen LogP contribution is 2.22. The van der Waals surface area contributed by atoms with Crippen LogP contribution in [0, 0.1) is 26.7 Å². The van der Waals surface area contributed by atoms with Gasteiger partial charge in [-0.25, -0.2) is 0 Å². The molecule has 2 aromatic carbocycles. The molecule has 0 aromatic heterocycles. The van der Waals surface area contributed by atoms with Gasteiger partial charge in [-0.1, -0.05) is 120 Å². The smallest absolute Gasteiger partial charge is 0.227 e. The van der Waals surface area contributed by atoms with Crippen LogP contribution < -0.4 is 5.32 Å². The molecule has 184 valence electrons. The maximum Gasteiger partial charge on any atom is 0.227 e. The standard InChI is InChI=1S/C17H28.C14H21NO/c1-2-3-4-5-6-7-8-9-11-14-17-15-12-10-13-16-17;1-6-10(3)14(16)15-13-11(4)7-9(2)8-12(13)5/h10,12-13,15-16H,2-9,11,14H2,1H3;7-8,10H,6H2,1-5H3,(H,15,16). The fraction of sp³-hybridized carbons (Fsp3) is 0.581. The fourth-order valence-corrected chi connectivity index (χ4v) is 4.09. The van der Waals surface area contributed by atoms with Gasteiger partial charge in [0, 0.05) is 11.6 Å². The number of unbranched alkanes of at least 4 members (excludes halogenated alkanes) is 8. The van der Waals surface area contributed by atoms with Crippen LogP contribution in [-0.2, 0) is 11.2 Å². The van der Waals surface area contributed by atoms with E-state index in [0.717, 1.165) is 23.2 Å². The van der Waals surface area contributed by atoms with Gasteiger partial charge in [-0.2, -0.15) is 0 Å². The first-order valence-corrected chi connectivity index (χ1v) is 13.3. The molecule has 2 rings (SSSR count). The molecular formula is C31H49NO. The number of rotatable bonds is 13. The van der Waals surface area contributed by atoms with E-state index in [4.69, 9.17) is 0 Å². The molecule has 2 nitrogen and oxygen atoms in total. The highest BCUT2D eigenvalue weighted by molar-refractivity contribution is 5.93. The van der Waals surface area contributed by atoms with E-state index in [0.29, 0.717) is 0 Å². The third-order valence-electron chi connectivity index (χ3n) is 6.40. The lowest BCUT2D eigenvalue weighted by Crippen LogP contribution is -2.20. The number of carbonyl (C=O) groups excluding carboxylic acids is 1. The first-order valence-electron chi connectivity index (χ1n) is 13.3. The van der Waals surface area contributed by atoms with Crippen molar-refractivity contribution in [2.45, 2.75) is 112 Å². The number of carbonyl (C=O) groups is 1. The van der Waals surface area contributed by atoms with Gasteiger partial charge < -0.3 is 5.32 Å². The van der Waals surface area contributed by atoms with Crippen LogP contribution in [0.4, 0.5) is 5.69 Å². The van der Waals surface area contributed by atoms with Crippen LogP contribution in [0.2, 0.25) is 0 Å². The van der Waals surface area contributed by atoms with E-state index in [-0.39, 0.29) is 11.8 Å². The molecule has 0 radical (unpaired) electrons. The van der Waals surface area contributed by atoms with Crippen LogP contribution in [0.15, 0.2) is 42.5 Å². The number of hydrogen-bond donors (Lipinski definition) is 1. The highest BCUT2D eigenvalue weighted by Gasteiger charge is 2.13. The van der Waals surface area contributed by atoms with E-state index < -0.39 is 0 Å². The Hall–Kier alpha value is -2.09. The Kier molecular flexibility index (Phi) is 15.3. The average Bonchev–Trinajstić information content (AvgIpc) is 2.80. The number of anilines is 1. The summed E-state index contributed by atoms with van der Waals surface area (Å²) in [5.41, 5.74) is 5.96. The highest BCUT2D eigenvalue weighted by atomic mass is 16.1. The Labute approximate surface area is 204 Å². The summed E-state index contributed by atoms with van der Waals surface area (Å²) in [6.45, 7) is 12.4. The van der Waals surface area contributed by atoms with Crippen molar-refractivity contribution < 1.29 is 4.79 Å². The molecule has 0 heterocycles. The number of aryl methyl sites for hydroxylation is 4. The predicted octanol–water partition coefficient (Wildman–Crippen LogP) is 9.36. The van der Waals surface area contributed by atoms with Gasteiger partial charge >= 0.3 is 0 Å². The fourth-order valence-electron chi connectivity index (χ4n) is 4.09. The summed E-state index contributed by atoms with van der Waals surface area (Å²) in [5, 5.41) is 3.02. The molecule has 1 atom stereocenters. The molecule has 0 saturated heterocycles. The average molecular weight is 452 g/mol. The minimum atomic E-state index is 0.0695. The first-order chi connectivity index (χ1) is 15.9. The van der Waals surface area contributed by atoms with Crippen molar-refractivity contribution in [3.63, 3.8) is 0 Å². The number of hydrogen-bond acceptors (Lipinski definition) is 1. The van der Waals surface area contributed by atoms with E-state index in [9.17, 15) is 4.79 Å². The summed E-state index contributed by atoms with van der Waals surface area (Å²) in [6.07, 6.45) is 14.9. The molecule has 1 unspecified atom stereocenters. The van der Waals surface area contributed by atoms with E-state index in [1.54, 1.807) is 0 Å². The Morgan fingerprint density at radius 1 is 0.788 bits per heavy atom. The predicted molar refractivity (Wildman–Crippen MR) is 146 cm³/mol.